The summed E-state index contributed by atoms with van der Waals surface area (Å²) in [5, 5.41) is 0.980. The van der Waals surface area contributed by atoms with Gasteiger partial charge in [-0.2, -0.15) is 0 Å². The Morgan fingerprint density at radius 1 is 1.22 bits per heavy atom. The molecule has 2 aromatic heterocycles. The van der Waals surface area contributed by atoms with E-state index >= 15 is 0 Å². The fourth-order valence-corrected chi connectivity index (χ4v) is 1.98. The smallest absolute Gasteiger partial charge is 0.263 e. The van der Waals surface area contributed by atoms with Gasteiger partial charge in [-0.15, -0.1) is 0 Å². The minimum Gasteiger partial charge on any atom is -0.459 e. The standard InChI is InChI=1S/C14H10BrNO2/c1-9-8-11(2-3-12(9)15)18-14-13-10(4-6-16-14)5-7-17-13/h2-8H,1H3. The van der Waals surface area contributed by atoms with Gasteiger partial charge < -0.3 is 9.15 Å². The van der Waals surface area contributed by atoms with Crippen molar-refractivity contribution in [2.45, 2.75) is 6.92 Å². The highest BCUT2D eigenvalue weighted by atomic mass is 79.9. The summed E-state index contributed by atoms with van der Waals surface area (Å²) in [7, 11) is 0. The van der Waals surface area contributed by atoms with Gasteiger partial charge in [-0.1, -0.05) is 15.9 Å². The van der Waals surface area contributed by atoms with Crippen molar-refractivity contribution in [2.75, 3.05) is 0 Å². The van der Waals surface area contributed by atoms with Crippen molar-refractivity contribution < 1.29 is 9.15 Å². The molecule has 0 aliphatic rings. The minimum absolute atomic E-state index is 0.485. The molecule has 0 fully saturated rings. The average Bonchev–Trinajstić information content (AvgIpc) is 2.83. The minimum atomic E-state index is 0.485. The molecule has 0 saturated heterocycles. The number of benzene rings is 1. The molecule has 0 N–H and O–H groups in total. The van der Waals surface area contributed by atoms with Gasteiger partial charge in [0.15, 0.2) is 5.58 Å². The quantitative estimate of drug-likeness (QED) is 0.689. The van der Waals surface area contributed by atoms with Crippen molar-refractivity contribution >= 4 is 26.9 Å². The van der Waals surface area contributed by atoms with Crippen LogP contribution in [0.2, 0.25) is 0 Å². The number of pyridine rings is 1. The van der Waals surface area contributed by atoms with E-state index in [1.54, 1.807) is 12.5 Å². The van der Waals surface area contributed by atoms with Gasteiger partial charge in [0.2, 0.25) is 0 Å². The molecule has 90 valence electrons. The zero-order chi connectivity index (χ0) is 12.5. The molecule has 0 bridgehead atoms. The normalized spacial score (nSPS) is 10.8. The number of aromatic nitrogens is 1. The topological polar surface area (TPSA) is 35.3 Å². The number of halogens is 1. The van der Waals surface area contributed by atoms with Crippen LogP contribution in [0, 0.1) is 6.92 Å². The SMILES string of the molecule is Cc1cc(Oc2nccc3ccoc23)ccc1Br. The second-order valence-electron chi connectivity index (χ2n) is 3.97. The molecule has 0 aliphatic heterocycles. The van der Waals surface area contributed by atoms with Crippen LogP contribution in [0.25, 0.3) is 11.0 Å². The van der Waals surface area contributed by atoms with Crippen LogP contribution in [0.5, 0.6) is 11.6 Å². The number of rotatable bonds is 2. The van der Waals surface area contributed by atoms with Crippen molar-refractivity contribution in [1.29, 1.82) is 0 Å². The van der Waals surface area contributed by atoms with Gasteiger partial charge in [0.25, 0.3) is 5.88 Å². The summed E-state index contributed by atoms with van der Waals surface area (Å²) in [4.78, 5) is 4.20. The summed E-state index contributed by atoms with van der Waals surface area (Å²) < 4.78 is 12.2. The fourth-order valence-electron chi connectivity index (χ4n) is 1.73. The first-order valence-corrected chi connectivity index (χ1v) is 6.29. The summed E-state index contributed by atoms with van der Waals surface area (Å²) in [6, 6.07) is 9.57. The van der Waals surface area contributed by atoms with Crippen molar-refractivity contribution in [3.8, 4) is 11.6 Å². The fraction of sp³-hybridized carbons (Fsp3) is 0.0714. The lowest BCUT2D eigenvalue weighted by atomic mass is 10.2. The van der Waals surface area contributed by atoms with Gasteiger partial charge >= 0.3 is 0 Å². The lowest BCUT2D eigenvalue weighted by Crippen LogP contribution is -1.88. The Balaban J connectivity index is 2.01. The van der Waals surface area contributed by atoms with Gasteiger partial charge in [-0.05, 0) is 42.8 Å². The molecule has 3 nitrogen and oxygen atoms in total. The van der Waals surface area contributed by atoms with Crippen LogP contribution in [0.4, 0.5) is 0 Å². The highest BCUT2D eigenvalue weighted by Crippen LogP contribution is 2.30. The summed E-state index contributed by atoms with van der Waals surface area (Å²) >= 11 is 3.46. The molecular formula is C14H10BrNO2. The second-order valence-corrected chi connectivity index (χ2v) is 4.82. The second kappa shape index (κ2) is 4.46. The molecule has 0 spiro atoms. The molecule has 0 unspecified atom stereocenters. The van der Waals surface area contributed by atoms with E-state index in [9.17, 15) is 0 Å². The molecule has 0 aliphatic carbocycles. The summed E-state index contributed by atoms with van der Waals surface area (Å²) in [5.41, 5.74) is 1.78. The van der Waals surface area contributed by atoms with E-state index in [1.807, 2.05) is 37.3 Å². The predicted molar refractivity (Wildman–Crippen MR) is 73.0 cm³/mol. The van der Waals surface area contributed by atoms with E-state index in [-0.39, 0.29) is 0 Å². The van der Waals surface area contributed by atoms with Crippen LogP contribution < -0.4 is 4.74 Å². The molecule has 2 heterocycles. The molecule has 0 saturated carbocycles. The van der Waals surface area contributed by atoms with Crippen molar-refractivity contribution in [3.63, 3.8) is 0 Å². The van der Waals surface area contributed by atoms with Gasteiger partial charge in [0, 0.05) is 16.1 Å². The summed E-state index contributed by atoms with van der Waals surface area (Å²) in [5.74, 6) is 1.23. The number of nitrogens with zero attached hydrogens (tertiary/aromatic N) is 1. The number of hydrogen-bond donors (Lipinski definition) is 0. The molecule has 3 rings (SSSR count). The van der Waals surface area contributed by atoms with Gasteiger partial charge in [0.05, 0.1) is 6.26 Å². The van der Waals surface area contributed by atoms with Crippen LogP contribution in [0.1, 0.15) is 5.56 Å². The Kier molecular flexibility index (Phi) is 2.80. The number of aryl methyl sites for hydroxylation is 1. The number of hydrogen-bond acceptors (Lipinski definition) is 3. The van der Waals surface area contributed by atoms with E-state index in [0.717, 1.165) is 21.2 Å². The monoisotopic (exact) mass is 303 g/mol. The largest absolute Gasteiger partial charge is 0.459 e. The Labute approximate surface area is 113 Å². The first kappa shape index (κ1) is 11.3. The lowest BCUT2D eigenvalue weighted by molar-refractivity contribution is 0.454. The third-order valence-corrected chi connectivity index (χ3v) is 3.57. The third-order valence-electron chi connectivity index (χ3n) is 2.68. The van der Waals surface area contributed by atoms with E-state index < -0.39 is 0 Å². The van der Waals surface area contributed by atoms with E-state index in [2.05, 4.69) is 20.9 Å². The maximum absolute atomic E-state index is 5.76. The highest BCUT2D eigenvalue weighted by molar-refractivity contribution is 9.10. The maximum Gasteiger partial charge on any atom is 0.263 e. The van der Waals surface area contributed by atoms with Gasteiger partial charge in [-0.3, -0.25) is 0 Å². The first-order valence-electron chi connectivity index (χ1n) is 5.50. The zero-order valence-electron chi connectivity index (χ0n) is 9.68. The molecule has 0 amide bonds. The van der Waals surface area contributed by atoms with Crippen molar-refractivity contribution in [3.05, 3.63) is 52.8 Å². The van der Waals surface area contributed by atoms with E-state index in [0.29, 0.717) is 11.5 Å². The molecule has 18 heavy (non-hydrogen) atoms. The Morgan fingerprint density at radius 3 is 2.94 bits per heavy atom. The number of ether oxygens (including phenoxy) is 1. The molecule has 0 radical (unpaired) electrons. The summed E-state index contributed by atoms with van der Waals surface area (Å²) in [6.07, 6.45) is 3.34. The van der Waals surface area contributed by atoms with E-state index in [1.165, 1.54) is 0 Å². The predicted octanol–water partition coefficient (Wildman–Crippen LogP) is 4.69. The Hall–Kier alpha value is -1.81. The summed E-state index contributed by atoms with van der Waals surface area (Å²) in [6.45, 7) is 2.01. The van der Waals surface area contributed by atoms with Crippen LogP contribution in [0.15, 0.2) is 51.7 Å². The van der Waals surface area contributed by atoms with Gasteiger partial charge in [-0.25, -0.2) is 4.98 Å². The lowest BCUT2D eigenvalue weighted by Gasteiger charge is -2.06. The molecular weight excluding hydrogens is 294 g/mol. The maximum atomic E-state index is 5.76. The molecule has 3 aromatic rings. The highest BCUT2D eigenvalue weighted by Gasteiger charge is 2.08. The van der Waals surface area contributed by atoms with E-state index in [4.69, 9.17) is 9.15 Å². The van der Waals surface area contributed by atoms with Crippen LogP contribution in [-0.2, 0) is 0 Å². The van der Waals surface area contributed by atoms with Crippen molar-refractivity contribution in [2.24, 2.45) is 0 Å². The molecule has 4 heteroatoms. The van der Waals surface area contributed by atoms with Gasteiger partial charge in [0.1, 0.15) is 5.75 Å². The first-order chi connectivity index (χ1) is 8.74. The van der Waals surface area contributed by atoms with Crippen LogP contribution in [0.3, 0.4) is 0 Å². The third kappa shape index (κ3) is 1.99. The molecule has 1 aromatic carbocycles. The Bertz CT molecular complexity index is 706. The number of furan rings is 1. The van der Waals surface area contributed by atoms with Crippen LogP contribution >= 0.6 is 15.9 Å². The van der Waals surface area contributed by atoms with Crippen LogP contribution in [-0.4, -0.2) is 4.98 Å². The number of fused-ring (bicyclic) bond motifs is 1. The Morgan fingerprint density at radius 2 is 2.11 bits per heavy atom. The zero-order valence-corrected chi connectivity index (χ0v) is 11.3. The average molecular weight is 304 g/mol. The van der Waals surface area contributed by atoms with Crippen molar-refractivity contribution in [1.82, 2.24) is 4.98 Å². The molecule has 0 atom stereocenters.